The van der Waals surface area contributed by atoms with Crippen LogP contribution >= 0.6 is 0 Å². The number of unbranched alkanes of at least 4 members (excludes halogenated alkanes) is 2. The van der Waals surface area contributed by atoms with Gasteiger partial charge in [-0.05, 0) is 36.1 Å². The molecule has 3 heteroatoms. The van der Waals surface area contributed by atoms with Crippen LogP contribution in [0.4, 0.5) is 0 Å². The van der Waals surface area contributed by atoms with Crippen LogP contribution in [-0.2, 0) is 13.1 Å². The first-order valence-electron chi connectivity index (χ1n) is 6.35. The third-order valence-corrected chi connectivity index (χ3v) is 3.13. The molecule has 0 saturated carbocycles. The number of hydrogen-bond acceptors (Lipinski definition) is 2. The molecular formula is C15H18N2O. The normalized spacial score (nSPS) is 12.8. The topological polar surface area (TPSA) is 41.1 Å². The summed E-state index contributed by atoms with van der Waals surface area (Å²) < 4.78 is 0. The number of amides is 1. The van der Waals surface area contributed by atoms with E-state index < -0.39 is 0 Å². The number of nitrogens with one attached hydrogen (secondary N) is 2. The van der Waals surface area contributed by atoms with Crippen LogP contribution in [0.15, 0.2) is 18.2 Å². The van der Waals surface area contributed by atoms with Crippen molar-refractivity contribution in [2.24, 2.45) is 0 Å². The van der Waals surface area contributed by atoms with Crippen molar-refractivity contribution in [1.29, 1.82) is 0 Å². The Morgan fingerprint density at radius 3 is 3.00 bits per heavy atom. The molecule has 0 aliphatic carbocycles. The zero-order valence-corrected chi connectivity index (χ0v) is 10.5. The molecule has 1 aliphatic heterocycles. The Morgan fingerprint density at radius 1 is 1.33 bits per heavy atom. The molecule has 2 rings (SSSR count). The highest BCUT2D eigenvalue weighted by molar-refractivity contribution is 5.94. The number of benzene rings is 1. The van der Waals surface area contributed by atoms with E-state index in [1.807, 2.05) is 18.2 Å². The summed E-state index contributed by atoms with van der Waals surface area (Å²) in [5.74, 6) is 2.60. The Labute approximate surface area is 108 Å². The summed E-state index contributed by atoms with van der Waals surface area (Å²) >= 11 is 0. The van der Waals surface area contributed by atoms with Crippen LogP contribution < -0.4 is 10.6 Å². The molecule has 0 aromatic heterocycles. The summed E-state index contributed by atoms with van der Waals surface area (Å²) in [6, 6.07) is 5.90. The zero-order valence-electron chi connectivity index (χ0n) is 10.5. The minimum absolute atomic E-state index is 0.00501. The number of hydrogen-bond donors (Lipinski definition) is 2. The first-order chi connectivity index (χ1) is 8.81. The lowest BCUT2D eigenvalue weighted by atomic mass is 10.1. The van der Waals surface area contributed by atoms with Gasteiger partial charge in [0.05, 0.1) is 0 Å². The molecule has 0 saturated heterocycles. The maximum atomic E-state index is 11.9. The molecule has 1 aromatic rings. The van der Waals surface area contributed by atoms with E-state index in [4.69, 9.17) is 6.42 Å². The molecule has 0 fully saturated rings. The van der Waals surface area contributed by atoms with Gasteiger partial charge in [0.2, 0.25) is 0 Å². The van der Waals surface area contributed by atoms with Gasteiger partial charge < -0.3 is 10.6 Å². The number of terminal acetylenes is 1. The highest BCUT2D eigenvalue weighted by Crippen LogP contribution is 2.16. The smallest absolute Gasteiger partial charge is 0.251 e. The molecule has 0 bridgehead atoms. The molecule has 94 valence electrons. The Bertz CT molecular complexity index is 474. The molecule has 3 nitrogen and oxygen atoms in total. The van der Waals surface area contributed by atoms with Crippen LogP contribution in [0.25, 0.3) is 0 Å². The van der Waals surface area contributed by atoms with E-state index in [1.165, 1.54) is 11.1 Å². The fraction of sp³-hybridized carbons (Fsp3) is 0.400. The minimum atomic E-state index is 0.00501. The van der Waals surface area contributed by atoms with E-state index in [0.29, 0.717) is 6.54 Å². The van der Waals surface area contributed by atoms with Gasteiger partial charge in [-0.1, -0.05) is 6.07 Å². The molecular weight excluding hydrogens is 224 g/mol. The van der Waals surface area contributed by atoms with Gasteiger partial charge in [-0.15, -0.1) is 12.3 Å². The van der Waals surface area contributed by atoms with Crippen LogP contribution in [0, 0.1) is 12.3 Å². The zero-order chi connectivity index (χ0) is 12.8. The van der Waals surface area contributed by atoms with Crippen molar-refractivity contribution >= 4 is 5.91 Å². The Hall–Kier alpha value is -1.79. The van der Waals surface area contributed by atoms with E-state index in [2.05, 4.69) is 16.6 Å². The van der Waals surface area contributed by atoms with Crippen molar-refractivity contribution in [3.63, 3.8) is 0 Å². The summed E-state index contributed by atoms with van der Waals surface area (Å²) in [6.45, 7) is 2.46. The molecule has 18 heavy (non-hydrogen) atoms. The van der Waals surface area contributed by atoms with Crippen molar-refractivity contribution in [1.82, 2.24) is 10.6 Å². The standard InChI is InChI=1S/C15H18N2O/c1-2-3-4-5-8-17-15(18)12-6-7-13-10-16-11-14(13)9-12/h1,6-7,9,16H,3-5,8,10-11H2,(H,17,18). The van der Waals surface area contributed by atoms with Gasteiger partial charge in [0.1, 0.15) is 0 Å². The second-order valence-corrected chi connectivity index (χ2v) is 4.50. The van der Waals surface area contributed by atoms with Crippen molar-refractivity contribution in [2.45, 2.75) is 32.4 Å². The van der Waals surface area contributed by atoms with Gasteiger partial charge in [0, 0.05) is 31.6 Å². The third-order valence-electron chi connectivity index (χ3n) is 3.13. The fourth-order valence-electron chi connectivity index (χ4n) is 2.09. The Morgan fingerprint density at radius 2 is 2.17 bits per heavy atom. The first-order valence-corrected chi connectivity index (χ1v) is 6.35. The fourth-order valence-corrected chi connectivity index (χ4v) is 2.09. The third kappa shape index (κ3) is 3.12. The predicted molar refractivity (Wildman–Crippen MR) is 72.0 cm³/mol. The van der Waals surface area contributed by atoms with Crippen molar-refractivity contribution < 1.29 is 4.79 Å². The molecule has 1 aromatic carbocycles. The largest absolute Gasteiger partial charge is 0.352 e. The van der Waals surface area contributed by atoms with Crippen LogP contribution in [0.3, 0.4) is 0 Å². The van der Waals surface area contributed by atoms with Crippen LogP contribution in [0.5, 0.6) is 0 Å². The molecule has 0 atom stereocenters. The summed E-state index contributed by atoms with van der Waals surface area (Å²) in [7, 11) is 0. The molecule has 0 radical (unpaired) electrons. The number of carbonyl (C=O) groups is 1. The van der Waals surface area contributed by atoms with E-state index in [0.717, 1.165) is 37.9 Å². The minimum Gasteiger partial charge on any atom is -0.352 e. The maximum Gasteiger partial charge on any atom is 0.251 e. The predicted octanol–water partition coefficient (Wildman–Crippen LogP) is 1.82. The van der Waals surface area contributed by atoms with E-state index >= 15 is 0 Å². The highest BCUT2D eigenvalue weighted by Gasteiger charge is 2.12. The Balaban J connectivity index is 1.84. The number of fused-ring (bicyclic) bond motifs is 1. The van der Waals surface area contributed by atoms with Crippen molar-refractivity contribution in [3.05, 3.63) is 34.9 Å². The summed E-state index contributed by atoms with van der Waals surface area (Å²) in [6.07, 6.45) is 7.84. The second kappa shape index (κ2) is 6.23. The molecule has 0 unspecified atom stereocenters. The first kappa shape index (κ1) is 12.7. The maximum absolute atomic E-state index is 11.9. The van der Waals surface area contributed by atoms with E-state index in [9.17, 15) is 4.79 Å². The molecule has 1 aliphatic rings. The molecule has 1 heterocycles. The molecule has 2 N–H and O–H groups in total. The van der Waals surface area contributed by atoms with Gasteiger partial charge in [0.15, 0.2) is 0 Å². The van der Waals surface area contributed by atoms with Gasteiger partial charge in [-0.2, -0.15) is 0 Å². The number of carbonyl (C=O) groups excluding carboxylic acids is 1. The SMILES string of the molecule is C#CCCCCNC(=O)c1ccc2c(c1)CNC2. The summed E-state index contributed by atoms with van der Waals surface area (Å²) in [5.41, 5.74) is 3.27. The molecule has 0 spiro atoms. The lowest BCUT2D eigenvalue weighted by Crippen LogP contribution is -2.24. The van der Waals surface area contributed by atoms with Gasteiger partial charge in [0.25, 0.3) is 5.91 Å². The summed E-state index contributed by atoms with van der Waals surface area (Å²) in [4.78, 5) is 11.9. The second-order valence-electron chi connectivity index (χ2n) is 4.50. The van der Waals surface area contributed by atoms with Crippen LogP contribution in [0.2, 0.25) is 0 Å². The Kier molecular flexibility index (Phi) is 4.38. The summed E-state index contributed by atoms with van der Waals surface area (Å²) in [5, 5.41) is 6.19. The number of rotatable bonds is 5. The molecule has 1 amide bonds. The average molecular weight is 242 g/mol. The van der Waals surface area contributed by atoms with Crippen molar-refractivity contribution in [3.8, 4) is 12.3 Å². The lowest BCUT2D eigenvalue weighted by Gasteiger charge is -2.06. The van der Waals surface area contributed by atoms with Gasteiger partial charge >= 0.3 is 0 Å². The van der Waals surface area contributed by atoms with Crippen LogP contribution in [-0.4, -0.2) is 12.5 Å². The monoisotopic (exact) mass is 242 g/mol. The quantitative estimate of drug-likeness (QED) is 0.611. The van der Waals surface area contributed by atoms with E-state index in [-0.39, 0.29) is 5.91 Å². The van der Waals surface area contributed by atoms with Crippen molar-refractivity contribution in [2.75, 3.05) is 6.54 Å². The highest BCUT2D eigenvalue weighted by atomic mass is 16.1. The average Bonchev–Trinajstić information content (AvgIpc) is 2.85. The van der Waals surface area contributed by atoms with Gasteiger partial charge in [-0.25, -0.2) is 0 Å². The van der Waals surface area contributed by atoms with Crippen LogP contribution in [0.1, 0.15) is 40.7 Å². The van der Waals surface area contributed by atoms with Gasteiger partial charge in [-0.3, -0.25) is 4.79 Å². The van der Waals surface area contributed by atoms with E-state index in [1.54, 1.807) is 0 Å². The lowest BCUT2D eigenvalue weighted by molar-refractivity contribution is 0.0953.